The lowest BCUT2D eigenvalue weighted by Gasteiger charge is -2.34. The molecule has 19 heavy (non-hydrogen) atoms. The molecule has 2 aliphatic rings. The van der Waals surface area contributed by atoms with E-state index in [1.165, 1.54) is 19.5 Å². The van der Waals surface area contributed by atoms with Gasteiger partial charge in [0.15, 0.2) is 0 Å². The van der Waals surface area contributed by atoms with E-state index in [9.17, 15) is 4.79 Å². The predicted molar refractivity (Wildman–Crippen MR) is 75.2 cm³/mol. The zero-order valence-corrected chi connectivity index (χ0v) is 12.0. The lowest BCUT2D eigenvalue weighted by Crippen LogP contribution is -2.45. The molecule has 1 atom stereocenters. The van der Waals surface area contributed by atoms with E-state index < -0.39 is 0 Å². The number of ether oxygens (including phenoxy) is 1. The number of hydrogen-bond donors (Lipinski definition) is 2. The van der Waals surface area contributed by atoms with Crippen LogP contribution in [0.4, 0.5) is 4.79 Å². The average Bonchev–Trinajstić information content (AvgIpc) is 2.98. The maximum absolute atomic E-state index is 12.0. The van der Waals surface area contributed by atoms with Gasteiger partial charge in [-0.15, -0.1) is 0 Å². The van der Waals surface area contributed by atoms with Gasteiger partial charge < -0.3 is 20.3 Å². The third kappa shape index (κ3) is 4.35. The van der Waals surface area contributed by atoms with E-state index in [1.807, 2.05) is 4.90 Å². The van der Waals surface area contributed by atoms with E-state index in [0.29, 0.717) is 13.2 Å². The Kier molecular flexibility index (Phi) is 5.92. The molecule has 2 heterocycles. The Balaban J connectivity index is 1.63. The maximum Gasteiger partial charge on any atom is 0.317 e. The predicted octanol–water partition coefficient (Wildman–Crippen LogP) is 1.05. The molecule has 5 nitrogen and oxygen atoms in total. The number of methoxy groups -OCH3 is 1. The number of likely N-dealkylation sites (tertiary alicyclic amines) is 1. The number of amides is 2. The Morgan fingerprint density at radius 1 is 1.32 bits per heavy atom. The minimum Gasteiger partial charge on any atom is -0.385 e. The zero-order chi connectivity index (χ0) is 13.5. The van der Waals surface area contributed by atoms with Gasteiger partial charge in [-0.05, 0) is 50.6 Å². The highest BCUT2D eigenvalue weighted by Gasteiger charge is 2.29. The molecule has 0 aromatic rings. The number of rotatable bonds is 5. The van der Waals surface area contributed by atoms with Crippen molar-refractivity contribution in [1.29, 1.82) is 0 Å². The Morgan fingerprint density at radius 3 is 2.74 bits per heavy atom. The van der Waals surface area contributed by atoms with Gasteiger partial charge in [0.1, 0.15) is 0 Å². The smallest absolute Gasteiger partial charge is 0.317 e. The van der Waals surface area contributed by atoms with Crippen molar-refractivity contribution in [2.75, 3.05) is 46.4 Å². The molecule has 5 heteroatoms. The van der Waals surface area contributed by atoms with Gasteiger partial charge in [-0.3, -0.25) is 0 Å². The van der Waals surface area contributed by atoms with E-state index in [0.717, 1.165) is 44.2 Å². The quantitative estimate of drug-likeness (QED) is 0.734. The molecular formula is C14H27N3O2. The first-order valence-corrected chi connectivity index (χ1v) is 7.53. The Hall–Kier alpha value is -0.810. The summed E-state index contributed by atoms with van der Waals surface area (Å²) in [6.07, 6.45) is 4.52. The Labute approximate surface area is 116 Å². The standard InChI is InChI=1S/C14H27N3O2/c1-19-10-2-6-16-14(18)17-8-4-12(5-9-17)13-3-7-15-11-13/h12-13,15H,2-11H2,1H3,(H,16,18). The highest BCUT2D eigenvalue weighted by atomic mass is 16.5. The van der Waals surface area contributed by atoms with Gasteiger partial charge in [-0.25, -0.2) is 4.79 Å². The van der Waals surface area contributed by atoms with Crippen molar-refractivity contribution in [3.63, 3.8) is 0 Å². The van der Waals surface area contributed by atoms with Crippen molar-refractivity contribution in [3.05, 3.63) is 0 Å². The monoisotopic (exact) mass is 269 g/mol. The van der Waals surface area contributed by atoms with Gasteiger partial charge in [0.2, 0.25) is 0 Å². The van der Waals surface area contributed by atoms with Crippen LogP contribution in [0.15, 0.2) is 0 Å². The molecule has 2 saturated heterocycles. The first-order valence-electron chi connectivity index (χ1n) is 7.53. The summed E-state index contributed by atoms with van der Waals surface area (Å²) in [6, 6.07) is 0.0964. The number of nitrogens with one attached hydrogen (secondary N) is 2. The van der Waals surface area contributed by atoms with Crippen LogP contribution in [0.2, 0.25) is 0 Å². The second-order valence-corrected chi connectivity index (χ2v) is 5.66. The van der Waals surface area contributed by atoms with E-state index >= 15 is 0 Å². The lowest BCUT2D eigenvalue weighted by molar-refractivity contribution is 0.151. The molecule has 2 fully saturated rings. The van der Waals surface area contributed by atoms with Gasteiger partial charge in [-0.2, -0.15) is 0 Å². The number of carbonyl (C=O) groups excluding carboxylic acids is 1. The fraction of sp³-hybridized carbons (Fsp3) is 0.929. The molecule has 110 valence electrons. The topological polar surface area (TPSA) is 53.6 Å². The van der Waals surface area contributed by atoms with Crippen molar-refractivity contribution >= 4 is 6.03 Å². The molecular weight excluding hydrogens is 242 g/mol. The van der Waals surface area contributed by atoms with E-state index in [4.69, 9.17) is 4.74 Å². The average molecular weight is 269 g/mol. The maximum atomic E-state index is 12.0. The number of piperidine rings is 1. The van der Waals surface area contributed by atoms with Gasteiger partial charge >= 0.3 is 6.03 Å². The lowest BCUT2D eigenvalue weighted by atomic mass is 9.84. The summed E-state index contributed by atoms with van der Waals surface area (Å²) < 4.78 is 4.97. The normalized spacial score (nSPS) is 24.7. The van der Waals surface area contributed by atoms with Gasteiger partial charge in [0, 0.05) is 33.4 Å². The van der Waals surface area contributed by atoms with Crippen LogP contribution in [0.1, 0.15) is 25.7 Å². The molecule has 0 spiro atoms. The number of urea groups is 1. The molecule has 2 amide bonds. The van der Waals surface area contributed by atoms with Crippen LogP contribution in [0.5, 0.6) is 0 Å². The molecule has 2 aliphatic heterocycles. The van der Waals surface area contributed by atoms with Gasteiger partial charge in [0.05, 0.1) is 0 Å². The molecule has 1 unspecified atom stereocenters. The summed E-state index contributed by atoms with van der Waals surface area (Å²) in [6.45, 7) is 5.59. The van der Waals surface area contributed by atoms with Crippen LogP contribution in [0.25, 0.3) is 0 Å². The molecule has 0 aliphatic carbocycles. The van der Waals surface area contributed by atoms with Crippen LogP contribution < -0.4 is 10.6 Å². The fourth-order valence-corrected chi connectivity index (χ4v) is 3.18. The minimum absolute atomic E-state index is 0.0964. The van der Waals surface area contributed by atoms with Crippen molar-refractivity contribution in [1.82, 2.24) is 15.5 Å². The molecule has 0 radical (unpaired) electrons. The van der Waals surface area contributed by atoms with Crippen LogP contribution in [-0.2, 0) is 4.74 Å². The van der Waals surface area contributed by atoms with Crippen LogP contribution in [0.3, 0.4) is 0 Å². The van der Waals surface area contributed by atoms with Gasteiger partial charge in [0.25, 0.3) is 0 Å². The molecule has 2 N–H and O–H groups in total. The highest BCUT2D eigenvalue weighted by molar-refractivity contribution is 5.74. The SMILES string of the molecule is COCCCNC(=O)N1CCC(C2CCNC2)CC1. The highest BCUT2D eigenvalue weighted by Crippen LogP contribution is 2.28. The first-order chi connectivity index (χ1) is 9.31. The van der Waals surface area contributed by atoms with Crippen molar-refractivity contribution < 1.29 is 9.53 Å². The molecule has 0 bridgehead atoms. The van der Waals surface area contributed by atoms with Crippen LogP contribution >= 0.6 is 0 Å². The van der Waals surface area contributed by atoms with E-state index in [1.54, 1.807) is 7.11 Å². The van der Waals surface area contributed by atoms with Crippen LogP contribution in [0, 0.1) is 11.8 Å². The van der Waals surface area contributed by atoms with E-state index in [-0.39, 0.29) is 6.03 Å². The van der Waals surface area contributed by atoms with Gasteiger partial charge in [-0.1, -0.05) is 0 Å². The molecule has 2 rings (SSSR count). The largest absolute Gasteiger partial charge is 0.385 e. The summed E-state index contributed by atoms with van der Waals surface area (Å²) in [4.78, 5) is 13.9. The number of hydrogen-bond acceptors (Lipinski definition) is 3. The Morgan fingerprint density at radius 2 is 2.11 bits per heavy atom. The summed E-state index contributed by atoms with van der Waals surface area (Å²) >= 11 is 0. The number of carbonyl (C=O) groups is 1. The summed E-state index contributed by atoms with van der Waals surface area (Å²) in [5, 5.41) is 6.40. The zero-order valence-electron chi connectivity index (χ0n) is 12.0. The Bertz CT molecular complexity index is 272. The van der Waals surface area contributed by atoms with Crippen molar-refractivity contribution in [2.45, 2.75) is 25.7 Å². The second kappa shape index (κ2) is 7.70. The molecule has 0 aromatic heterocycles. The summed E-state index contributed by atoms with van der Waals surface area (Å²) in [5.41, 5.74) is 0. The second-order valence-electron chi connectivity index (χ2n) is 5.66. The van der Waals surface area contributed by atoms with Crippen molar-refractivity contribution in [3.8, 4) is 0 Å². The van der Waals surface area contributed by atoms with Crippen molar-refractivity contribution in [2.24, 2.45) is 11.8 Å². The van der Waals surface area contributed by atoms with E-state index in [2.05, 4.69) is 10.6 Å². The third-order valence-corrected chi connectivity index (χ3v) is 4.39. The fourth-order valence-electron chi connectivity index (χ4n) is 3.18. The number of nitrogens with zero attached hydrogens (tertiary/aromatic N) is 1. The minimum atomic E-state index is 0.0964. The molecule has 0 aromatic carbocycles. The first kappa shape index (κ1) is 14.6. The summed E-state index contributed by atoms with van der Waals surface area (Å²) in [5.74, 6) is 1.65. The third-order valence-electron chi connectivity index (χ3n) is 4.39. The summed E-state index contributed by atoms with van der Waals surface area (Å²) in [7, 11) is 1.68. The van der Waals surface area contributed by atoms with Crippen LogP contribution in [-0.4, -0.2) is 57.4 Å². The molecule has 0 saturated carbocycles.